The molecule has 0 amide bonds. The Kier molecular flexibility index (Phi) is 6.82. The topological polar surface area (TPSA) is 336 Å². The van der Waals surface area contributed by atoms with E-state index in [1.165, 1.54) is 4.90 Å². The molecule has 2 unspecified atom stereocenters. The number of anilines is 2. The van der Waals surface area contributed by atoms with Crippen molar-refractivity contribution in [1.82, 2.24) is 35.5 Å². The molecule has 7 rings (SSSR count). The Hall–Kier alpha value is -4.64. The first kappa shape index (κ1) is 30.0. The number of alkyl halides is 1. The second kappa shape index (κ2) is 10.4. The molecule has 0 aromatic carbocycles. The quantitative estimate of drug-likeness (QED) is 0.0983. The van der Waals surface area contributed by atoms with Crippen LogP contribution in [0.5, 0.6) is 11.5 Å². The number of nitrogens with one attached hydrogen (secondary N) is 4. The van der Waals surface area contributed by atoms with Crippen LogP contribution in [0.15, 0.2) is 44.8 Å². The Bertz CT molecular complexity index is 1910. The first-order valence-corrected chi connectivity index (χ1v) is 15.7. The standard InChI is InChI=1S/C20H21FN10O13P2/c21-19-26-13(22)7-14(27-19)30(3-24-7)17-10(33)11-6(42-17)2-40-46(37,38)44-12-9(32)5(1-39-45(35,36)43-11)41-18(12)31-4-25-8-15(31)28-20(23)29-16(8)34/h1,4,9,14,19,24,26-27,32,35-38H,2-3,22H2,(H2-2,23,28,29,33,34)/p+2/b5-1+/t9-,14?,19?/m1/s1. The van der Waals surface area contributed by atoms with Gasteiger partial charge in [0.05, 0.1) is 12.4 Å². The van der Waals surface area contributed by atoms with E-state index < -0.39 is 87.7 Å². The molecule has 7 heterocycles. The molecule has 0 aliphatic carbocycles. The summed E-state index contributed by atoms with van der Waals surface area (Å²) in [5.74, 6) is -4.81. The van der Waals surface area contributed by atoms with Gasteiger partial charge < -0.3 is 46.4 Å². The second-order valence-corrected chi connectivity index (χ2v) is 12.5. The summed E-state index contributed by atoms with van der Waals surface area (Å²) in [4.78, 5) is 66.3. The molecular weight excluding hydrogens is 669 g/mol. The van der Waals surface area contributed by atoms with Crippen LogP contribution in [0, 0.1) is 0 Å². The lowest BCUT2D eigenvalue weighted by atomic mass is 10.3. The van der Waals surface area contributed by atoms with Crippen LogP contribution in [0.1, 0.15) is 5.76 Å². The van der Waals surface area contributed by atoms with Crippen LogP contribution in [0.3, 0.4) is 0 Å². The zero-order valence-electron chi connectivity index (χ0n) is 22.6. The summed E-state index contributed by atoms with van der Waals surface area (Å²) >= 11 is 0. The van der Waals surface area contributed by atoms with Crippen LogP contribution in [0.4, 0.5) is 16.2 Å². The number of nitrogen functional groups attached to an aromatic ring is 1. The number of hydrogen-bond acceptors (Lipinski definition) is 21. The van der Waals surface area contributed by atoms with Gasteiger partial charge in [-0.15, -0.1) is 4.52 Å². The zero-order valence-corrected chi connectivity index (χ0v) is 24.3. The summed E-state index contributed by atoms with van der Waals surface area (Å²) in [7, 11) is -10.0. The van der Waals surface area contributed by atoms with Gasteiger partial charge in [-0.05, 0) is 0 Å². The molecule has 3 aromatic rings. The number of furan rings is 1. The Morgan fingerprint density at radius 3 is 2.72 bits per heavy atom. The molecule has 14 N–H and O–H groups in total. The highest BCUT2D eigenvalue weighted by molar-refractivity contribution is 7.55. The van der Waals surface area contributed by atoms with E-state index in [-0.39, 0.29) is 29.6 Å². The number of fused-ring (bicyclic) bond motifs is 5. The molecule has 23 nitrogen and oxygen atoms in total. The molecule has 3 atom stereocenters. The maximum absolute atomic E-state index is 14.2. The van der Waals surface area contributed by atoms with E-state index in [1.807, 2.05) is 0 Å². The van der Waals surface area contributed by atoms with Gasteiger partial charge in [-0.2, -0.15) is 24.6 Å². The number of aliphatic hydroxyl groups excluding tert-OH is 1. The van der Waals surface area contributed by atoms with Crippen molar-refractivity contribution in [2.24, 2.45) is 5.73 Å². The van der Waals surface area contributed by atoms with Crippen LogP contribution in [0.2, 0.25) is 0 Å². The van der Waals surface area contributed by atoms with E-state index in [0.29, 0.717) is 12.0 Å². The number of aromatic hydroxyl groups is 1. The zero-order chi connectivity index (χ0) is 32.7. The van der Waals surface area contributed by atoms with E-state index in [2.05, 4.69) is 30.9 Å². The fourth-order valence-electron chi connectivity index (χ4n) is 4.78. The Morgan fingerprint density at radius 1 is 1.15 bits per heavy atom. The minimum atomic E-state index is -5.01. The average Bonchev–Trinajstić information content (AvgIpc) is 3.72. The normalized spacial score (nSPS) is 26.5. The number of rotatable bonds is 2. The van der Waals surface area contributed by atoms with Crippen molar-refractivity contribution >= 4 is 45.2 Å². The monoisotopic (exact) mass is 692 g/mol. The van der Waals surface area contributed by atoms with Gasteiger partial charge in [0.1, 0.15) is 18.3 Å². The molecular formula is C20H23FN10O13P2+2. The fraction of sp³-hybridized carbons (Fsp3) is 0.250. The van der Waals surface area contributed by atoms with Gasteiger partial charge in [0.15, 0.2) is 41.7 Å². The first-order chi connectivity index (χ1) is 21.7. The summed E-state index contributed by atoms with van der Waals surface area (Å²) in [5, 5.41) is 29.7. The number of aromatic amines is 1. The van der Waals surface area contributed by atoms with E-state index >= 15 is 0 Å². The highest BCUT2D eigenvalue weighted by Crippen LogP contribution is 2.61. The number of ether oxygens (including phenoxy) is 1. The molecule has 3 aromatic heterocycles. The summed E-state index contributed by atoms with van der Waals surface area (Å²) in [6.45, 7) is -1.08. The van der Waals surface area contributed by atoms with E-state index in [1.54, 1.807) is 0 Å². The molecule has 0 spiro atoms. The third kappa shape index (κ3) is 5.02. The lowest BCUT2D eigenvalue weighted by Crippen LogP contribution is -2.56. The molecule has 1 fully saturated rings. The van der Waals surface area contributed by atoms with Crippen molar-refractivity contribution in [1.29, 1.82) is 0 Å². The van der Waals surface area contributed by atoms with Gasteiger partial charge in [-0.3, -0.25) is 18.8 Å². The predicted molar refractivity (Wildman–Crippen MR) is 148 cm³/mol. The maximum Gasteiger partial charge on any atom is 0.663 e. The summed E-state index contributed by atoms with van der Waals surface area (Å²) < 4.78 is 46.9. The van der Waals surface area contributed by atoms with Crippen LogP contribution in [0.25, 0.3) is 17.0 Å². The van der Waals surface area contributed by atoms with Crippen LogP contribution < -0.4 is 42.4 Å². The third-order valence-corrected chi connectivity index (χ3v) is 8.44. The third-order valence-electron chi connectivity index (χ3n) is 6.74. The van der Waals surface area contributed by atoms with E-state index in [0.717, 1.165) is 10.9 Å². The SMILES string of the molecule is NC1=C2NCN(c3oc4c(c3O)O[P+](O)(O)O/C=C3/OC(n5cnc6c(=O)[nH]c(N)nc65)=C(O[P+](O)(O)OC4)[C@@H]3O)C2NC(F)N1. The van der Waals surface area contributed by atoms with Gasteiger partial charge in [-0.1, -0.05) is 0 Å². The lowest BCUT2D eigenvalue weighted by molar-refractivity contribution is 0.102. The minimum Gasteiger partial charge on any atom is -0.500 e. The number of imidazole rings is 1. The number of H-pyrrole nitrogens is 1. The van der Waals surface area contributed by atoms with Crippen molar-refractivity contribution in [2.45, 2.75) is 25.3 Å². The first-order valence-electron chi connectivity index (χ1n) is 12.7. The van der Waals surface area contributed by atoms with Gasteiger partial charge in [0, 0.05) is 0 Å². The number of nitrogens with two attached hydrogens (primary N) is 2. The van der Waals surface area contributed by atoms with Gasteiger partial charge in [-0.25, -0.2) is 23.8 Å². The number of aliphatic hydroxyl groups is 1. The molecule has 246 valence electrons. The van der Waals surface area contributed by atoms with Gasteiger partial charge in [0.25, 0.3) is 23.0 Å². The molecule has 2 bridgehead atoms. The summed E-state index contributed by atoms with van der Waals surface area (Å²) in [5.41, 5.74) is 10.6. The maximum atomic E-state index is 14.2. The number of aromatic nitrogens is 4. The van der Waals surface area contributed by atoms with E-state index in [4.69, 9.17) is 38.7 Å². The number of hydrogen-bond donors (Lipinski definition) is 12. The largest absolute Gasteiger partial charge is 0.663 e. The smallest absolute Gasteiger partial charge is 0.500 e. The summed E-state index contributed by atoms with van der Waals surface area (Å²) in [6, 6.07) is 0. The van der Waals surface area contributed by atoms with Crippen LogP contribution in [-0.2, 0) is 24.9 Å². The molecule has 4 aliphatic rings. The highest BCUT2D eigenvalue weighted by atomic mass is 31.2. The van der Waals surface area contributed by atoms with Crippen LogP contribution >= 0.6 is 16.3 Å². The average molecular weight is 692 g/mol. The van der Waals surface area contributed by atoms with Crippen molar-refractivity contribution in [3.63, 3.8) is 0 Å². The van der Waals surface area contributed by atoms with Gasteiger partial charge >= 0.3 is 16.3 Å². The Morgan fingerprint density at radius 2 is 1.93 bits per heavy atom. The lowest BCUT2D eigenvalue weighted by Gasteiger charge is -2.30. The molecule has 0 saturated carbocycles. The Labute approximate surface area is 254 Å². The van der Waals surface area contributed by atoms with Crippen molar-refractivity contribution < 1.29 is 61.4 Å². The molecule has 1 saturated heterocycles. The minimum absolute atomic E-state index is 0.0360. The highest BCUT2D eigenvalue weighted by Gasteiger charge is 2.53. The molecule has 26 heteroatoms. The van der Waals surface area contributed by atoms with E-state index in [9.17, 15) is 39.0 Å². The van der Waals surface area contributed by atoms with Gasteiger partial charge in [0.2, 0.25) is 24.0 Å². The van der Waals surface area contributed by atoms with Crippen molar-refractivity contribution in [2.75, 3.05) is 17.3 Å². The predicted octanol–water partition coefficient (Wildman–Crippen LogP) is -2.41. The van der Waals surface area contributed by atoms with Crippen LogP contribution in [-0.4, -0.2) is 74.7 Å². The summed E-state index contributed by atoms with van der Waals surface area (Å²) in [6.07, 6.45) is -3.27. The fourth-order valence-corrected chi connectivity index (χ4v) is 6.26. The molecule has 4 aliphatic heterocycles. The Balaban J connectivity index is 1.27. The number of halogens is 1. The second-order valence-electron chi connectivity index (χ2n) is 9.69. The van der Waals surface area contributed by atoms with Crippen molar-refractivity contribution in [3.8, 4) is 11.5 Å². The number of nitrogens with zero attached hydrogens (tertiary/aromatic N) is 4. The molecule has 46 heavy (non-hydrogen) atoms. The van der Waals surface area contributed by atoms with Crippen molar-refractivity contribution in [3.05, 3.63) is 51.7 Å². The molecule has 0 radical (unpaired) electrons.